The van der Waals surface area contributed by atoms with Gasteiger partial charge in [-0.3, -0.25) is 9.20 Å². The van der Waals surface area contributed by atoms with Crippen molar-refractivity contribution in [2.75, 3.05) is 5.32 Å². The van der Waals surface area contributed by atoms with E-state index in [9.17, 15) is 9.18 Å². The number of hydrogen-bond acceptors (Lipinski definition) is 5. The fraction of sp³-hybridized carbons (Fsp3) is 0.238. The number of rotatable bonds is 4. The summed E-state index contributed by atoms with van der Waals surface area (Å²) in [6.07, 6.45) is 2.91. The first kappa shape index (κ1) is 17.5. The zero-order chi connectivity index (χ0) is 20.1. The van der Waals surface area contributed by atoms with E-state index in [0.717, 1.165) is 11.1 Å². The van der Waals surface area contributed by atoms with Crippen molar-refractivity contribution in [3.8, 4) is 11.4 Å². The second kappa shape index (κ2) is 6.51. The van der Waals surface area contributed by atoms with E-state index in [2.05, 4.69) is 20.4 Å². The molecule has 1 fully saturated rings. The van der Waals surface area contributed by atoms with Crippen LogP contribution in [0.15, 0.2) is 47.2 Å². The molecule has 1 saturated carbocycles. The number of aromatic nitrogens is 4. The van der Waals surface area contributed by atoms with E-state index in [1.165, 1.54) is 0 Å². The molecular formula is C21H18FN5O2. The van der Waals surface area contributed by atoms with Crippen LogP contribution in [0.2, 0.25) is 0 Å². The molecule has 2 atom stereocenters. The van der Waals surface area contributed by atoms with E-state index in [4.69, 9.17) is 4.52 Å². The third kappa shape index (κ3) is 3.16. The van der Waals surface area contributed by atoms with E-state index in [-0.39, 0.29) is 11.8 Å². The lowest BCUT2D eigenvalue weighted by Crippen LogP contribution is -2.15. The minimum Gasteiger partial charge on any atom is -0.339 e. The van der Waals surface area contributed by atoms with Crippen LogP contribution in [-0.2, 0) is 0 Å². The molecule has 146 valence electrons. The number of carbonyl (C=O) groups excluding carboxylic acids is 1. The summed E-state index contributed by atoms with van der Waals surface area (Å²) in [7, 11) is 0. The number of anilines is 1. The number of nitrogens with one attached hydrogen (secondary N) is 1. The van der Waals surface area contributed by atoms with Crippen LogP contribution in [-0.4, -0.2) is 31.6 Å². The van der Waals surface area contributed by atoms with Crippen LogP contribution in [0, 0.1) is 13.8 Å². The molecular weight excluding hydrogens is 373 g/mol. The number of benzene rings is 1. The van der Waals surface area contributed by atoms with Crippen LogP contribution < -0.4 is 5.32 Å². The Morgan fingerprint density at radius 2 is 2.10 bits per heavy atom. The summed E-state index contributed by atoms with van der Waals surface area (Å²) in [5, 5.41) is 6.88. The normalized spacial score (nSPS) is 18.2. The average Bonchev–Trinajstić information content (AvgIpc) is 3.10. The van der Waals surface area contributed by atoms with Crippen LogP contribution in [0.25, 0.3) is 17.0 Å². The van der Waals surface area contributed by atoms with Gasteiger partial charge in [-0.1, -0.05) is 17.3 Å². The number of alkyl halides is 1. The van der Waals surface area contributed by atoms with Gasteiger partial charge in [0, 0.05) is 17.4 Å². The number of imidazole rings is 1. The first-order chi connectivity index (χ1) is 14.0. The minimum absolute atomic E-state index is 0.270. The number of nitrogens with zero attached hydrogens (tertiary/aromatic N) is 4. The van der Waals surface area contributed by atoms with Gasteiger partial charge >= 0.3 is 0 Å². The summed E-state index contributed by atoms with van der Waals surface area (Å²) in [6, 6.07) is 9.34. The van der Waals surface area contributed by atoms with Gasteiger partial charge in [-0.25, -0.2) is 9.37 Å². The van der Waals surface area contributed by atoms with Gasteiger partial charge in [0.2, 0.25) is 11.7 Å². The van der Waals surface area contributed by atoms with Crippen molar-refractivity contribution in [3.63, 3.8) is 0 Å². The van der Waals surface area contributed by atoms with Gasteiger partial charge in [0.25, 0.3) is 5.91 Å². The second-order valence-corrected chi connectivity index (χ2v) is 7.37. The molecule has 0 saturated heterocycles. The van der Waals surface area contributed by atoms with Crippen molar-refractivity contribution in [1.82, 2.24) is 19.5 Å². The van der Waals surface area contributed by atoms with Crippen LogP contribution in [0.5, 0.6) is 0 Å². The second-order valence-electron chi connectivity index (χ2n) is 7.37. The topological polar surface area (TPSA) is 85.3 Å². The number of aryl methyl sites for hydroxylation is 2. The molecule has 4 aromatic rings. The van der Waals surface area contributed by atoms with Gasteiger partial charge in [-0.2, -0.15) is 4.98 Å². The van der Waals surface area contributed by atoms with Gasteiger partial charge in [-0.15, -0.1) is 0 Å². The Kier molecular flexibility index (Phi) is 3.94. The lowest BCUT2D eigenvalue weighted by Gasteiger charge is -2.09. The quantitative estimate of drug-likeness (QED) is 0.567. The molecule has 5 rings (SSSR count). The number of pyridine rings is 1. The van der Waals surface area contributed by atoms with Crippen LogP contribution >= 0.6 is 0 Å². The zero-order valence-corrected chi connectivity index (χ0v) is 15.9. The lowest BCUT2D eigenvalue weighted by atomic mass is 10.1. The van der Waals surface area contributed by atoms with E-state index >= 15 is 0 Å². The summed E-state index contributed by atoms with van der Waals surface area (Å²) in [6.45, 7) is 3.88. The Morgan fingerprint density at radius 1 is 1.28 bits per heavy atom. The van der Waals surface area contributed by atoms with Crippen molar-refractivity contribution in [3.05, 3.63) is 65.4 Å². The number of fused-ring (bicyclic) bond motifs is 1. The summed E-state index contributed by atoms with van der Waals surface area (Å²) in [5.74, 6) is 0.132. The summed E-state index contributed by atoms with van der Waals surface area (Å²) in [5.41, 5.74) is 4.44. The van der Waals surface area contributed by atoms with Crippen molar-refractivity contribution < 1.29 is 13.7 Å². The molecule has 1 amide bonds. The molecule has 0 radical (unpaired) electrons. The van der Waals surface area contributed by atoms with Crippen LogP contribution in [0.1, 0.15) is 39.8 Å². The maximum atomic E-state index is 13.2. The highest BCUT2D eigenvalue weighted by Crippen LogP contribution is 2.43. The van der Waals surface area contributed by atoms with Crippen molar-refractivity contribution >= 4 is 17.2 Å². The maximum absolute atomic E-state index is 13.2. The Labute approximate surface area is 165 Å². The standard InChI is InChI=1S/C21H18FN5O2/c1-11-5-6-27-17(10-23-18(27)7-11)20(28)24-16-8-13(4-3-12(16)2)19-25-21(29-26-19)14-9-15(14)22/h3-8,10,14-15H,9H2,1-2H3,(H,24,28)/t14-,15-/m1/s1. The number of amides is 1. The molecule has 3 aromatic heterocycles. The third-order valence-corrected chi connectivity index (χ3v) is 5.12. The lowest BCUT2D eigenvalue weighted by molar-refractivity contribution is 0.102. The number of carbonyl (C=O) groups is 1. The molecule has 1 aliphatic carbocycles. The maximum Gasteiger partial charge on any atom is 0.274 e. The van der Waals surface area contributed by atoms with Crippen molar-refractivity contribution in [1.29, 1.82) is 0 Å². The molecule has 0 bridgehead atoms. The van der Waals surface area contributed by atoms with Gasteiger partial charge in [-0.05, 0) is 49.6 Å². The zero-order valence-electron chi connectivity index (χ0n) is 15.9. The molecule has 1 aliphatic rings. The Balaban J connectivity index is 1.42. The highest BCUT2D eigenvalue weighted by molar-refractivity contribution is 6.04. The van der Waals surface area contributed by atoms with Gasteiger partial charge < -0.3 is 9.84 Å². The number of hydrogen-bond donors (Lipinski definition) is 1. The summed E-state index contributed by atoms with van der Waals surface area (Å²) in [4.78, 5) is 21.4. The summed E-state index contributed by atoms with van der Waals surface area (Å²) < 4.78 is 20.1. The molecule has 3 heterocycles. The van der Waals surface area contributed by atoms with Crippen LogP contribution in [0.3, 0.4) is 0 Å². The monoisotopic (exact) mass is 391 g/mol. The SMILES string of the molecule is Cc1ccn2c(C(=O)Nc3cc(-c4noc([C@@H]5C[C@H]5F)n4)ccc3C)cnc2c1. The smallest absolute Gasteiger partial charge is 0.274 e. The molecule has 8 heteroatoms. The molecule has 1 aromatic carbocycles. The predicted molar refractivity (Wildman–Crippen MR) is 105 cm³/mol. The van der Waals surface area contributed by atoms with E-state index < -0.39 is 6.17 Å². The first-order valence-corrected chi connectivity index (χ1v) is 9.33. The predicted octanol–water partition coefficient (Wildman–Crippen LogP) is 4.08. The highest BCUT2D eigenvalue weighted by atomic mass is 19.1. The molecule has 0 aliphatic heterocycles. The molecule has 29 heavy (non-hydrogen) atoms. The Hall–Kier alpha value is -3.55. The Morgan fingerprint density at radius 3 is 2.90 bits per heavy atom. The largest absolute Gasteiger partial charge is 0.339 e. The van der Waals surface area contributed by atoms with Gasteiger partial charge in [0.1, 0.15) is 17.5 Å². The van der Waals surface area contributed by atoms with E-state index in [0.29, 0.717) is 40.7 Å². The molecule has 1 N–H and O–H groups in total. The fourth-order valence-corrected chi connectivity index (χ4v) is 3.26. The molecule has 0 unspecified atom stereocenters. The van der Waals surface area contributed by atoms with E-state index in [1.54, 1.807) is 16.7 Å². The van der Waals surface area contributed by atoms with Gasteiger partial charge in [0.15, 0.2) is 0 Å². The third-order valence-electron chi connectivity index (χ3n) is 5.12. The number of halogens is 1. The fourth-order valence-electron chi connectivity index (χ4n) is 3.26. The highest BCUT2D eigenvalue weighted by Gasteiger charge is 2.43. The average molecular weight is 391 g/mol. The van der Waals surface area contributed by atoms with E-state index in [1.807, 2.05) is 44.3 Å². The van der Waals surface area contributed by atoms with Gasteiger partial charge in [0.05, 0.1) is 12.1 Å². The van der Waals surface area contributed by atoms with Crippen LogP contribution in [0.4, 0.5) is 10.1 Å². The first-order valence-electron chi connectivity index (χ1n) is 9.33. The molecule has 7 nitrogen and oxygen atoms in total. The molecule has 0 spiro atoms. The van der Waals surface area contributed by atoms with Crippen molar-refractivity contribution in [2.24, 2.45) is 0 Å². The Bertz CT molecular complexity index is 1250. The minimum atomic E-state index is -0.898. The summed E-state index contributed by atoms with van der Waals surface area (Å²) >= 11 is 0. The van der Waals surface area contributed by atoms with Crippen molar-refractivity contribution in [2.45, 2.75) is 32.4 Å².